The quantitative estimate of drug-likeness (QED) is 0.193. The van der Waals surface area contributed by atoms with Gasteiger partial charge in [0, 0.05) is 13.0 Å². The molecule has 1 spiro atoms. The van der Waals surface area contributed by atoms with Gasteiger partial charge in [-0.25, -0.2) is 13.9 Å². The number of benzene rings is 2. The highest BCUT2D eigenvalue weighted by atomic mass is 31.2. The van der Waals surface area contributed by atoms with Gasteiger partial charge in [0.2, 0.25) is 12.7 Å². The first-order chi connectivity index (χ1) is 22.5. The third-order valence-corrected chi connectivity index (χ3v) is 10.4. The number of rotatable bonds is 10. The molecule has 4 rings (SSSR count). The fourth-order valence-corrected chi connectivity index (χ4v) is 7.91. The minimum absolute atomic E-state index is 0.0571. The molecule has 10 nitrogen and oxygen atoms in total. The topological polar surface area (TPSA) is 113 Å². The lowest BCUT2D eigenvalue weighted by Gasteiger charge is -2.52. The number of hydrogen-bond donors (Lipinski definition) is 1. The number of hydrogen-bond acceptors (Lipinski definition) is 8. The van der Waals surface area contributed by atoms with Crippen LogP contribution in [0.2, 0.25) is 0 Å². The van der Waals surface area contributed by atoms with Gasteiger partial charge in [-0.2, -0.15) is 13.2 Å². The van der Waals surface area contributed by atoms with E-state index in [4.69, 9.17) is 23.0 Å². The molecule has 14 heteroatoms. The van der Waals surface area contributed by atoms with E-state index in [9.17, 15) is 27.3 Å². The number of aryl methyl sites for hydroxylation is 1. The van der Waals surface area contributed by atoms with Gasteiger partial charge < -0.3 is 14.8 Å². The number of halogens is 3. The number of ether oxygens (including phenoxy) is 2. The minimum atomic E-state index is -4.53. The van der Waals surface area contributed by atoms with Gasteiger partial charge in [-0.15, -0.1) is 0 Å². The third kappa shape index (κ3) is 10.1. The molecule has 0 saturated carbocycles. The van der Waals surface area contributed by atoms with Gasteiger partial charge in [0.1, 0.15) is 0 Å². The fourth-order valence-electron chi connectivity index (χ4n) is 6.25. The summed E-state index contributed by atoms with van der Waals surface area (Å²) in [5.41, 5.74) is -3.02. The average molecular weight is 713 g/mol. The van der Waals surface area contributed by atoms with Crippen LogP contribution in [-0.2, 0) is 44.1 Å². The largest absolute Gasteiger partial charge is 0.478 e. The maximum absolute atomic E-state index is 14.1. The molecule has 1 N–H and O–H groups in total. The summed E-state index contributed by atoms with van der Waals surface area (Å²) in [5.74, 6) is -0.131. The number of phosphoric ester groups is 1. The molecule has 2 fully saturated rings. The Morgan fingerprint density at radius 3 is 2.16 bits per heavy atom. The molecule has 0 bridgehead atoms. The Hall–Kier alpha value is -2.96. The van der Waals surface area contributed by atoms with Crippen molar-refractivity contribution in [2.75, 3.05) is 19.9 Å². The van der Waals surface area contributed by atoms with Gasteiger partial charge in [-0.05, 0) is 97.9 Å². The Morgan fingerprint density at radius 2 is 1.61 bits per heavy atom. The van der Waals surface area contributed by atoms with Crippen LogP contribution in [-0.4, -0.2) is 53.6 Å². The first-order valence-corrected chi connectivity index (χ1v) is 17.8. The maximum atomic E-state index is 14.1. The van der Waals surface area contributed by atoms with Gasteiger partial charge in [0.05, 0.1) is 40.6 Å². The molecule has 0 aliphatic carbocycles. The van der Waals surface area contributed by atoms with Crippen LogP contribution in [0.3, 0.4) is 0 Å². The summed E-state index contributed by atoms with van der Waals surface area (Å²) in [7, 11) is -4.22. The molecular weight excluding hydrogens is 664 g/mol. The monoisotopic (exact) mass is 712 g/mol. The molecule has 49 heavy (non-hydrogen) atoms. The zero-order chi connectivity index (χ0) is 36.5. The van der Waals surface area contributed by atoms with Crippen LogP contribution in [0.25, 0.3) is 0 Å². The molecule has 2 saturated heterocycles. The van der Waals surface area contributed by atoms with E-state index in [0.717, 1.165) is 12.1 Å². The molecule has 2 aromatic rings. The van der Waals surface area contributed by atoms with Gasteiger partial charge in [0.25, 0.3) is 0 Å². The summed E-state index contributed by atoms with van der Waals surface area (Å²) < 4.78 is 83.3. The van der Waals surface area contributed by atoms with E-state index in [0.29, 0.717) is 42.4 Å². The molecule has 2 aliphatic heterocycles. The van der Waals surface area contributed by atoms with E-state index in [-0.39, 0.29) is 19.1 Å². The van der Waals surface area contributed by atoms with Gasteiger partial charge in [-0.3, -0.25) is 18.7 Å². The summed E-state index contributed by atoms with van der Waals surface area (Å²) in [4.78, 5) is 28.0. The number of alkyl halides is 3. The third-order valence-electron chi connectivity index (χ3n) is 8.39. The maximum Gasteiger partial charge on any atom is 0.478 e. The minimum Gasteiger partial charge on any atom is -0.422 e. The van der Waals surface area contributed by atoms with Gasteiger partial charge >= 0.3 is 20.1 Å². The molecule has 3 atom stereocenters. The first-order valence-electron chi connectivity index (χ1n) is 16.3. The van der Waals surface area contributed by atoms with E-state index >= 15 is 0 Å². The Labute approximate surface area is 286 Å². The molecule has 0 radical (unpaired) electrons. The van der Waals surface area contributed by atoms with Crippen molar-refractivity contribution in [2.24, 2.45) is 0 Å². The predicted octanol–water partition coefficient (Wildman–Crippen LogP) is 8.58. The van der Waals surface area contributed by atoms with Crippen LogP contribution < -0.4 is 5.32 Å². The predicted molar refractivity (Wildman–Crippen MR) is 176 cm³/mol. The molecule has 2 aromatic carbocycles. The van der Waals surface area contributed by atoms with Crippen LogP contribution in [0.5, 0.6) is 0 Å². The van der Waals surface area contributed by atoms with Crippen molar-refractivity contribution in [1.29, 1.82) is 0 Å². The average Bonchev–Trinajstić information content (AvgIpc) is 3.33. The molecular formula is C35H48F3N2O8P. The lowest BCUT2D eigenvalue weighted by atomic mass is 9.74. The van der Waals surface area contributed by atoms with Crippen molar-refractivity contribution in [2.45, 2.75) is 116 Å². The number of nitrogens with one attached hydrogen (secondary N) is 1. The lowest BCUT2D eigenvalue weighted by molar-refractivity contribution is -0.137. The summed E-state index contributed by atoms with van der Waals surface area (Å²) in [6.45, 7) is 12.5. The van der Waals surface area contributed by atoms with Crippen LogP contribution >= 0.6 is 7.82 Å². The molecule has 272 valence electrons. The number of carbonyl (C=O) groups is 2. The van der Waals surface area contributed by atoms with Crippen LogP contribution in [0.4, 0.5) is 18.0 Å². The van der Waals surface area contributed by atoms with Crippen molar-refractivity contribution in [3.8, 4) is 0 Å². The van der Waals surface area contributed by atoms with E-state index in [2.05, 4.69) is 5.32 Å². The molecule has 2 heterocycles. The molecule has 0 aromatic heterocycles. The van der Waals surface area contributed by atoms with Crippen molar-refractivity contribution < 1.29 is 50.4 Å². The first kappa shape index (κ1) is 38.8. The standard InChI is InChI=1S/C35H48F3N2O8P/c1-24-18-26(20-28(19-24)35(36,37)38)25(2)44-22-34(27-12-10-9-11-13-27)17-16-33(15-14-29(41)39-33)21-40(34)30(42)45-23-46-49(43,47-31(3,4)5)48-32(6,7)8/h9-13,18-20,25H,14-17,21-23H2,1-8H3,(H,39,41)/t25-,33-,34-/m1/s1. The molecule has 2 amide bonds. The van der Waals surface area contributed by atoms with E-state index in [1.54, 1.807) is 61.5 Å². The van der Waals surface area contributed by atoms with Crippen molar-refractivity contribution in [3.63, 3.8) is 0 Å². The highest BCUT2D eigenvalue weighted by Crippen LogP contribution is 2.55. The van der Waals surface area contributed by atoms with E-state index < -0.39 is 60.8 Å². The number of piperidine rings is 1. The lowest BCUT2D eigenvalue weighted by Crippen LogP contribution is -2.65. The highest BCUT2D eigenvalue weighted by molar-refractivity contribution is 7.48. The fraction of sp³-hybridized carbons (Fsp3) is 0.600. The van der Waals surface area contributed by atoms with Crippen LogP contribution in [0, 0.1) is 6.92 Å². The Bertz CT molecular complexity index is 1520. The zero-order valence-electron chi connectivity index (χ0n) is 29.4. The summed E-state index contributed by atoms with van der Waals surface area (Å²) in [6, 6.07) is 12.9. The number of nitrogens with zero attached hydrogens (tertiary/aromatic N) is 1. The second-order valence-corrected chi connectivity index (χ2v) is 16.4. The normalized spacial score (nSPS) is 22.7. The summed E-state index contributed by atoms with van der Waals surface area (Å²) in [6.07, 6.45) is -4.52. The SMILES string of the molecule is Cc1cc([C@@H](C)OC[C@@]2(c3ccccc3)CC[C@]3(CCC(=O)N3)CN2C(=O)OCOP(=O)(OC(C)(C)C)OC(C)(C)C)cc(C(F)(F)F)c1. The Morgan fingerprint density at radius 1 is 0.980 bits per heavy atom. The van der Waals surface area contributed by atoms with E-state index in [1.807, 2.05) is 30.3 Å². The van der Waals surface area contributed by atoms with Crippen molar-refractivity contribution in [3.05, 3.63) is 70.8 Å². The van der Waals surface area contributed by atoms with Crippen molar-refractivity contribution >= 4 is 19.8 Å². The second kappa shape index (κ2) is 14.3. The van der Waals surface area contributed by atoms with E-state index in [1.165, 1.54) is 4.90 Å². The molecule has 0 unspecified atom stereocenters. The highest BCUT2D eigenvalue weighted by Gasteiger charge is 2.54. The van der Waals surface area contributed by atoms with Crippen LogP contribution in [0.15, 0.2) is 48.5 Å². The Kier molecular flexibility index (Phi) is 11.4. The molecule has 2 aliphatic rings. The Balaban J connectivity index is 1.66. The van der Waals surface area contributed by atoms with Crippen molar-refractivity contribution in [1.82, 2.24) is 10.2 Å². The van der Waals surface area contributed by atoms with Gasteiger partial charge in [-0.1, -0.05) is 42.0 Å². The summed E-state index contributed by atoms with van der Waals surface area (Å²) in [5, 5.41) is 3.04. The summed E-state index contributed by atoms with van der Waals surface area (Å²) >= 11 is 0. The van der Waals surface area contributed by atoms with Crippen LogP contribution in [0.1, 0.15) is 103 Å². The van der Waals surface area contributed by atoms with Gasteiger partial charge in [0.15, 0.2) is 0 Å². The second-order valence-electron chi connectivity index (χ2n) is 14.9. The number of phosphoric acid groups is 1. The smallest absolute Gasteiger partial charge is 0.422 e. The number of carbonyl (C=O) groups excluding carboxylic acids is 2. The number of likely N-dealkylation sites (tertiary alicyclic amines) is 1. The zero-order valence-corrected chi connectivity index (χ0v) is 30.3. The number of amides is 2.